The van der Waals surface area contributed by atoms with Gasteiger partial charge in [0.25, 0.3) is 0 Å². The van der Waals surface area contributed by atoms with Gasteiger partial charge in [0.1, 0.15) is 42.0 Å². The van der Waals surface area contributed by atoms with Crippen molar-refractivity contribution >= 4 is 11.9 Å². The van der Waals surface area contributed by atoms with Gasteiger partial charge in [0, 0.05) is 18.1 Å². The third kappa shape index (κ3) is 14.2. The Morgan fingerprint density at radius 2 is 1.18 bits per heavy atom. The molecule has 1 aliphatic heterocycles. The third-order valence-electron chi connectivity index (χ3n) is 7.34. The molecule has 3 aromatic carbocycles. The second-order valence-electron chi connectivity index (χ2n) is 11.7. The van der Waals surface area contributed by atoms with E-state index in [1.54, 1.807) is 48.5 Å². The standard InChI is InChI=1S/C38H46O11/c1-3-36(39)46-25-23-41-22-24-45-31-10-8-30(9-11-31)37(40)49-35-18-16-34(17-19-35)48-29-47-33-14-12-32(13-15-33)44-21-7-5-4-6-20-42-26-38(2)27-43-28-38/h3,8-19H,1,4-7,20-29H2,2H3. The Morgan fingerprint density at radius 1 is 0.653 bits per heavy atom. The van der Waals surface area contributed by atoms with Gasteiger partial charge in [-0.2, -0.15) is 0 Å². The predicted molar refractivity (Wildman–Crippen MR) is 182 cm³/mol. The minimum Gasteiger partial charge on any atom is -0.494 e. The maximum Gasteiger partial charge on any atom is 0.343 e. The van der Waals surface area contributed by atoms with Crippen molar-refractivity contribution in [3.8, 4) is 28.7 Å². The molecule has 1 aliphatic rings. The van der Waals surface area contributed by atoms with Crippen LogP contribution >= 0.6 is 0 Å². The van der Waals surface area contributed by atoms with Gasteiger partial charge >= 0.3 is 11.9 Å². The fourth-order valence-electron chi connectivity index (χ4n) is 4.54. The molecule has 3 aromatic rings. The highest BCUT2D eigenvalue weighted by Crippen LogP contribution is 2.26. The van der Waals surface area contributed by atoms with E-state index in [0.717, 1.165) is 63.9 Å². The van der Waals surface area contributed by atoms with Crippen molar-refractivity contribution in [1.82, 2.24) is 0 Å². The number of unbranched alkanes of at least 4 members (excludes halogenated alkanes) is 3. The molecule has 0 saturated carbocycles. The molecular weight excluding hydrogens is 632 g/mol. The summed E-state index contributed by atoms with van der Waals surface area (Å²) in [6.45, 7) is 10.4. The van der Waals surface area contributed by atoms with Gasteiger partial charge in [-0.3, -0.25) is 0 Å². The molecule has 0 aromatic heterocycles. The molecule has 0 radical (unpaired) electrons. The molecule has 0 bridgehead atoms. The average Bonchev–Trinajstić information content (AvgIpc) is 3.11. The Bertz CT molecular complexity index is 1400. The number of ether oxygens (including phenoxy) is 9. The molecule has 0 aliphatic carbocycles. The number of benzene rings is 3. The van der Waals surface area contributed by atoms with Crippen LogP contribution in [0.1, 0.15) is 43.0 Å². The van der Waals surface area contributed by atoms with Crippen molar-refractivity contribution in [2.75, 3.05) is 66.3 Å². The van der Waals surface area contributed by atoms with Crippen LogP contribution in [0.2, 0.25) is 0 Å². The lowest BCUT2D eigenvalue weighted by Crippen LogP contribution is -2.43. The van der Waals surface area contributed by atoms with Gasteiger partial charge in [0.05, 0.1) is 45.2 Å². The summed E-state index contributed by atoms with van der Waals surface area (Å²) >= 11 is 0. The zero-order chi connectivity index (χ0) is 34.6. The van der Waals surface area contributed by atoms with Gasteiger partial charge in [-0.05, 0) is 92.1 Å². The van der Waals surface area contributed by atoms with Crippen LogP contribution in [0.15, 0.2) is 85.5 Å². The highest BCUT2D eigenvalue weighted by atomic mass is 16.7. The summed E-state index contributed by atoms with van der Waals surface area (Å²) in [7, 11) is 0. The van der Waals surface area contributed by atoms with E-state index in [-0.39, 0.29) is 25.4 Å². The summed E-state index contributed by atoms with van der Waals surface area (Å²) in [4.78, 5) is 23.5. The molecule has 0 N–H and O–H groups in total. The first-order valence-corrected chi connectivity index (χ1v) is 16.5. The summed E-state index contributed by atoms with van der Waals surface area (Å²) in [5.41, 5.74) is 0.593. The van der Waals surface area contributed by atoms with Gasteiger partial charge in [0.15, 0.2) is 0 Å². The summed E-state index contributed by atoms with van der Waals surface area (Å²) < 4.78 is 49.4. The molecule has 49 heavy (non-hydrogen) atoms. The number of carbonyl (C=O) groups excluding carboxylic acids is 2. The molecule has 264 valence electrons. The van der Waals surface area contributed by atoms with Crippen LogP contribution in [0.25, 0.3) is 0 Å². The topological polar surface area (TPSA) is 117 Å². The van der Waals surface area contributed by atoms with Crippen LogP contribution in [-0.2, 0) is 23.7 Å². The lowest BCUT2D eigenvalue weighted by molar-refractivity contribution is -0.139. The second-order valence-corrected chi connectivity index (χ2v) is 11.7. The minimum absolute atomic E-state index is 0.0156. The van der Waals surface area contributed by atoms with Crippen LogP contribution in [-0.4, -0.2) is 78.2 Å². The van der Waals surface area contributed by atoms with Gasteiger partial charge < -0.3 is 42.6 Å². The highest BCUT2D eigenvalue weighted by Gasteiger charge is 2.33. The van der Waals surface area contributed by atoms with Crippen LogP contribution in [0.5, 0.6) is 28.7 Å². The normalized spacial score (nSPS) is 13.1. The van der Waals surface area contributed by atoms with E-state index in [4.69, 9.17) is 42.6 Å². The van der Waals surface area contributed by atoms with E-state index >= 15 is 0 Å². The fraction of sp³-hybridized carbons (Fsp3) is 0.421. The monoisotopic (exact) mass is 678 g/mol. The molecule has 1 saturated heterocycles. The molecule has 0 unspecified atom stereocenters. The number of hydrogen-bond donors (Lipinski definition) is 0. The molecule has 1 fully saturated rings. The summed E-state index contributed by atoms with van der Waals surface area (Å²) in [5, 5.41) is 0. The predicted octanol–water partition coefficient (Wildman–Crippen LogP) is 6.44. The molecule has 1 heterocycles. The fourth-order valence-corrected chi connectivity index (χ4v) is 4.54. The van der Waals surface area contributed by atoms with E-state index in [1.165, 1.54) is 0 Å². The summed E-state index contributed by atoms with van der Waals surface area (Å²) in [6.07, 6.45) is 5.39. The Balaban J connectivity index is 1.03. The molecular formula is C38H46O11. The molecule has 4 rings (SSSR count). The Labute approximate surface area is 287 Å². The molecule has 11 nitrogen and oxygen atoms in total. The first-order chi connectivity index (χ1) is 23.9. The molecule has 11 heteroatoms. The first-order valence-electron chi connectivity index (χ1n) is 16.5. The smallest absolute Gasteiger partial charge is 0.343 e. The Morgan fingerprint density at radius 3 is 1.78 bits per heavy atom. The number of hydrogen-bond acceptors (Lipinski definition) is 11. The average molecular weight is 679 g/mol. The SMILES string of the molecule is C=CC(=O)OCCOCCOc1ccc(C(=O)Oc2ccc(OCOc3ccc(OCCCCCCOCC4(C)COC4)cc3)cc2)cc1. The van der Waals surface area contributed by atoms with Crippen LogP contribution in [0, 0.1) is 5.41 Å². The summed E-state index contributed by atoms with van der Waals surface area (Å²) in [5.74, 6) is 1.99. The van der Waals surface area contributed by atoms with Crippen molar-refractivity contribution in [3.63, 3.8) is 0 Å². The zero-order valence-corrected chi connectivity index (χ0v) is 28.1. The van der Waals surface area contributed by atoms with Crippen molar-refractivity contribution in [2.24, 2.45) is 5.41 Å². The van der Waals surface area contributed by atoms with Gasteiger partial charge in [-0.1, -0.05) is 19.9 Å². The van der Waals surface area contributed by atoms with Crippen LogP contribution < -0.4 is 23.7 Å². The minimum atomic E-state index is -0.501. The van der Waals surface area contributed by atoms with E-state index in [1.807, 2.05) is 24.3 Å². The summed E-state index contributed by atoms with van der Waals surface area (Å²) in [6, 6.07) is 20.7. The zero-order valence-electron chi connectivity index (χ0n) is 28.1. The molecule has 0 atom stereocenters. The van der Waals surface area contributed by atoms with Crippen molar-refractivity contribution in [3.05, 3.63) is 91.0 Å². The second kappa shape index (κ2) is 20.7. The molecule has 0 amide bonds. The number of rotatable bonds is 24. The van der Waals surface area contributed by atoms with Crippen molar-refractivity contribution in [2.45, 2.75) is 32.6 Å². The Hall–Kier alpha value is -4.58. The van der Waals surface area contributed by atoms with Crippen molar-refractivity contribution < 1.29 is 52.2 Å². The van der Waals surface area contributed by atoms with E-state index in [2.05, 4.69) is 13.5 Å². The van der Waals surface area contributed by atoms with Crippen LogP contribution in [0.4, 0.5) is 0 Å². The van der Waals surface area contributed by atoms with E-state index in [9.17, 15) is 9.59 Å². The number of esters is 2. The van der Waals surface area contributed by atoms with Crippen molar-refractivity contribution in [1.29, 1.82) is 0 Å². The third-order valence-corrected chi connectivity index (χ3v) is 7.34. The lowest BCUT2D eigenvalue weighted by atomic mass is 9.90. The van der Waals surface area contributed by atoms with Gasteiger partial charge in [-0.25, -0.2) is 9.59 Å². The van der Waals surface area contributed by atoms with Gasteiger partial charge in [-0.15, -0.1) is 0 Å². The maximum atomic E-state index is 12.6. The Kier molecular flexibility index (Phi) is 15.7. The highest BCUT2D eigenvalue weighted by molar-refractivity contribution is 5.91. The lowest BCUT2D eigenvalue weighted by Gasteiger charge is -2.37. The first kappa shape index (κ1) is 37.2. The van der Waals surface area contributed by atoms with E-state index in [0.29, 0.717) is 48.4 Å². The quantitative estimate of drug-likeness (QED) is 0.0343. The maximum absolute atomic E-state index is 12.6. The number of carbonyl (C=O) groups is 2. The molecule has 0 spiro atoms. The largest absolute Gasteiger partial charge is 0.494 e. The van der Waals surface area contributed by atoms with E-state index < -0.39 is 11.9 Å². The van der Waals surface area contributed by atoms with Gasteiger partial charge in [0.2, 0.25) is 6.79 Å². The van der Waals surface area contributed by atoms with Crippen LogP contribution in [0.3, 0.4) is 0 Å².